The molecule has 0 fully saturated rings. The van der Waals surface area contributed by atoms with E-state index in [1.54, 1.807) is 17.8 Å². The average molecular weight is 207 g/mol. The molecule has 0 radical (unpaired) electrons. The van der Waals surface area contributed by atoms with Gasteiger partial charge in [-0.1, -0.05) is 5.16 Å². The van der Waals surface area contributed by atoms with Crippen LogP contribution in [0.3, 0.4) is 0 Å². The Morgan fingerprint density at radius 1 is 1.47 bits per heavy atom. The number of rotatable bonds is 3. The first-order chi connectivity index (χ1) is 7.15. The number of aromatic nitrogens is 4. The molecule has 0 N–H and O–H groups in total. The molecule has 0 saturated carbocycles. The van der Waals surface area contributed by atoms with Crippen LogP contribution in [0.5, 0.6) is 0 Å². The highest BCUT2D eigenvalue weighted by Gasteiger charge is 2.05. The Morgan fingerprint density at radius 3 is 2.80 bits per heavy atom. The molecule has 0 aromatic carbocycles. The first-order valence-electron chi connectivity index (χ1n) is 4.64. The molecule has 2 rings (SSSR count). The van der Waals surface area contributed by atoms with Crippen molar-refractivity contribution in [1.82, 2.24) is 19.9 Å². The van der Waals surface area contributed by atoms with Gasteiger partial charge in [-0.25, -0.2) is 0 Å². The van der Waals surface area contributed by atoms with Crippen molar-refractivity contribution in [1.29, 1.82) is 0 Å². The number of hydrogen-bond donors (Lipinski definition) is 0. The molecule has 2 aromatic rings. The van der Waals surface area contributed by atoms with E-state index in [9.17, 15) is 0 Å². The fraction of sp³-hybridized carbons (Fsp3) is 0.444. The van der Waals surface area contributed by atoms with E-state index in [0.29, 0.717) is 18.3 Å². The summed E-state index contributed by atoms with van der Waals surface area (Å²) in [4.78, 5) is 6.10. The molecular formula is C9H13N5O. The van der Waals surface area contributed by atoms with Crippen molar-refractivity contribution >= 4 is 5.69 Å². The Hall–Kier alpha value is -1.85. The van der Waals surface area contributed by atoms with Gasteiger partial charge in [0.15, 0.2) is 5.82 Å². The summed E-state index contributed by atoms with van der Waals surface area (Å²) < 4.78 is 6.77. The molecule has 0 atom stereocenters. The Labute approximate surface area is 87.5 Å². The molecule has 2 heterocycles. The number of anilines is 1. The van der Waals surface area contributed by atoms with E-state index >= 15 is 0 Å². The Balaban J connectivity index is 2.11. The van der Waals surface area contributed by atoms with Gasteiger partial charge in [-0.15, -0.1) is 0 Å². The van der Waals surface area contributed by atoms with E-state index in [-0.39, 0.29) is 0 Å². The average Bonchev–Trinajstić information content (AvgIpc) is 2.76. The molecule has 80 valence electrons. The highest BCUT2D eigenvalue weighted by molar-refractivity contribution is 5.39. The van der Waals surface area contributed by atoms with Crippen LogP contribution in [0.1, 0.15) is 11.7 Å². The summed E-state index contributed by atoms with van der Waals surface area (Å²) in [5, 5.41) is 7.91. The van der Waals surface area contributed by atoms with E-state index < -0.39 is 0 Å². The zero-order valence-electron chi connectivity index (χ0n) is 9.01. The van der Waals surface area contributed by atoms with Crippen molar-refractivity contribution in [2.45, 2.75) is 13.5 Å². The lowest BCUT2D eigenvalue weighted by atomic mass is 10.5. The maximum atomic E-state index is 5.00. The van der Waals surface area contributed by atoms with Gasteiger partial charge in [0.1, 0.15) is 6.54 Å². The van der Waals surface area contributed by atoms with Gasteiger partial charge in [0.2, 0.25) is 5.89 Å². The highest BCUT2D eigenvalue weighted by atomic mass is 16.5. The van der Waals surface area contributed by atoms with Crippen LogP contribution in [-0.2, 0) is 6.54 Å². The third-order valence-corrected chi connectivity index (χ3v) is 2.00. The molecule has 0 amide bonds. The maximum absolute atomic E-state index is 5.00. The van der Waals surface area contributed by atoms with Crippen LogP contribution in [0, 0.1) is 6.92 Å². The van der Waals surface area contributed by atoms with Crippen LogP contribution in [0.15, 0.2) is 16.9 Å². The minimum Gasteiger partial charge on any atom is -0.375 e. The van der Waals surface area contributed by atoms with E-state index in [2.05, 4.69) is 15.2 Å². The summed E-state index contributed by atoms with van der Waals surface area (Å²) in [5.41, 5.74) is 1.05. The van der Waals surface area contributed by atoms with Gasteiger partial charge in [0.25, 0.3) is 0 Å². The minimum absolute atomic E-state index is 0.509. The van der Waals surface area contributed by atoms with E-state index in [1.807, 2.05) is 25.2 Å². The van der Waals surface area contributed by atoms with Gasteiger partial charge in [0.05, 0.1) is 11.9 Å². The maximum Gasteiger partial charge on any atom is 0.248 e. The lowest BCUT2D eigenvalue weighted by molar-refractivity contribution is 0.362. The smallest absolute Gasteiger partial charge is 0.248 e. The number of aryl methyl sites for hydroxylation is 1. The molecule has 6 heteroatoms. The molecular weight excluding hydrogens is 194 g/mol. The zero-order chi connectivity index (χ0) is 10.8. The second-order valence-corrected chi connectivity index (χ2v) is 3.53. The predicted molar refractivity (Wildman–Crippen MR) is 54.7 cm³/mol. The quantitative estimate of drug-likeness (QED) is 0.741. The zero-order valence-corrected chi connectivity index (χ0v) is 9.01. The van der Waals surface area contributed by atoms with Gasteiger partial charge >= 0.3 is 0 Å². The Bertz CT molecular complexity index is 445. The first kappa shape index (κ1) is 9.70. The van der Waals surface area contributed by atoms with Crippen molar-refractivity contribution in [3.05, 3.63) is 24.1 Å². The molecule has 2 aromatic heterocycles. The highest BCUT2D eigenvalue weighted by Crippen LogP contribution is 2.09. The van der Waals surface area contributed by atoms with Crippen molar-refractivity contribution in [2.24, 2.45) is 0 Å². The van der Waals surface area contributed by atoms with Gasteiger partial charge in [-0.05, 0) is 6.92 Å². The normalized spacial score (nSPS) is 10.6. The predicted octanol–water partition coefficient (Wildman–Crippen LogP) is 0.689. The van der Waals surface area contributed by atoms with Crippen LogP contribution in [0.25, 0.3) is 0 Å². The van der Waals surface area contributed by atoms with Crippen molar-refractivity contribution in [3.63, 3.8) is 0 Å². The summed E-state index contributed by atoms with van der Waals surface area (Å²) >= 11 is 0. The van der Waals surface area contributed by atoms with Crippen molar-refractivity contribution in [2.75, 3.05) is 19.0 Å². The molecule has 0 aliphatic rings. The summed E-state index contributed by atoms with van der Waals surface area (Å²) in [6.45, 7) is 2.30. The summed E-state index contributed by atoms with van der Waals surface area (Å²) in [7, 11) is 3.94. The number of hydrogen-bond acceptors (Lipinski definition) is 5. The Kier molecular flexibility index (Phi) is 2.40. The van der Waals surface area contributed by atoms with Crippen LogP contribution in [0.4, 0.5) is 5.69 Å². The number of nitrogens with zero attached hydrogens (tertiary/aromatic N) is 5. The molecule has 0 aliphatic carbocycles. The first-order valence-corrected chi connectivity index (χ1v) is 4.64. The molecule has 0 bridgehead atoms. The van der Waals surface area contributed by atoms with Crippen molar-refractivity contribution in [3.8, 4) is 0 Å². The van der Waals surface area contributed by atoms with E-state index in [1.165, 1.54) is 0 Å². The lowest BCUT2D eigenvalue weighted by Gasteiger charge is -2.06. The van der Waals surface area contributed by atoms with Gasteiger partial charge in [0, 0.05) is 20.3 Å². The topological polar surface area (TPSA) is 60.0 Å². The van der Waals surface area contributed by atoms with Crippen LogP contribution in [0.2, 0.25) is 0 Å². The standard InChI is InChI=1S/C9H13N5O/c1-7-11-9(15-12-7)6-14-5-8(4-10-14)13(2)3/h4-5H,6H2,1-3H3. The minimum atomic E-state index is 0.509. The second kappa shape index (κ2) is 3.72. The van der Waals surface area contributed by atoms with Crippen LogP contribution >= 0.6 is 0 Å². The fourth-order valence-corrected chi connectivity index (χ4v) is 1.21. The van der Waals surface area contributed by atoms with E-state index in [0.717, 1.165) is 5.69 Å². The SMILES string of the molecule is Cc1noc(Cn2cc(N(C)C)cn2)n1. The molecule has 0 unspecified atom stereocenters. The van der Waals surface area contributed by atoms with Crippen molar-refractivity contribution < 1.29 is 4.52 Å². The summed E-state index contributed by atoms with van der Waals surface area (Å²) in [6.07, 6.45) is 3.72. The Morgan fingerprint density at radius 2 is 2.27 bits per heavy atom. The third-order valence-electron chi connectivity index (χ3n) is 2.00. The second-order valence-electron chi connectivity index (χ2n) is 3.53. The molecule has 0 spiro atoms. The molecule has 0 aliphatic heterocycles. The molecule has 15 heavy (non-hydrogen) atoms. The summed E-state index contributed by atoms with van der Waals surface area (Å²) in [5.74, 6) is 1.21. The van der Waals surface area contributed by atoms with Gasteiger partial charge in [-0.3, -0.25) is 4.68 Å². The van der Waals surface area contributed by atoms with Gasteiger partial charge < -0.3 is 9.42 Å². The van der Waals surface area contributed by atoms with E-state index in [4.69, 9.17) is 4.52 Å². The fourth-order valence-electron chi connectivity index (χ4n) is 1.21. The monoisotopic (exact) mass is 207 g/mol. The van der Waals surface area contributed by atoms with Gasteiger partial charge in [-0.2, -0.15) is 10.1 Å². The van der Waals surface area contributed by atoms with Crippen LogP contribution < -0.4 is 4.90 Å². The lowest BCUT2D eigenvalue weighted by Crippen LogP contribution is -2.07. The summed E-state index contributed by atoms with van der Waals surface area (Å²) in [6, 6.07) is 0. The molecule has 0 saturated heterocycles. The largest absolute Gasteiger partial charge is 0.375 e. The van der Waals surface area contributed by atoms with Crippen LogP contribution in [-0.4, -0.2) is 34.0 Å². The third kappa shape index (κ3) is 2.15. The molecule has 6 nitrogen and oxygen atoms in total.